The van der Waals surface area contributed by atoms with Crippen molar-refractivity contribution >= 4 is 24.4 Å². The summed E-state index contributed by atoms with van der Waals surface area (Å²) in [4.78, 5) is 24.5. The number of Topliss-reactive ketones (excluding diaryl/α,β-unsaturated/α-hetero) is 1. The first-order chi connectivity index (χ1) is 15.7. The Labute approximate surface area is 192 Å². The molecule has 0 fully saturated rings. The molecule has 0 amide bonds. The second-order valence-electron chi connectivity index (χ2n) is 7.45. The van der Waals surface area contributed by atoms with Crippen molar-refractivity contribution in [2.75, 3.05) is 0 Å². The van der Waals surface area contributed by atoms with E-state index in [9.17, 15) is 23.5 Å². The molecule has 2 aromatic carbocycles. The van der Waals surface area contributed by atoms with Crippen LogP contribution in [0.1, 0.15) is 38.0 Å². The smallest absolute Gasteiger partial charge is 0.336 e. The molecule has 2 aromatic heterocycles. The number of aryl methyl sites for hydroxylation is 1. The van der Waals surface area contributed by atoms with Crippen LogP contribution in [0.3, 0.4) is 0 Å². The molecular weight excluding hydrogens is 450 g/mol. The van der Waals surface area contributed by atoms with E-state index in [4.69, 9.17) is 0 Å². The molecule has 0 radical (unpaired) electrons. The van der Waals surface area contributed by atoms with Gasteiger partial charge in [-0.1, -0.05) is 6.07 Å². The third-order valence-corrected chi connectivity index (χ3v) is 5.67. The van der Waals surface area contributed by atoms with Crippen LogP contribution < -0.4 is 0 Å². The third kappa shape index (κ3) is 4.56. The summed E-state index contributed by atoms with van der Waals surface area (Å²) in [7, 11) is 1.75. The number of carbonyl (C=O) groups excluding carboxylic acids is 1. The van der Waals surface area contributed by atoms with Crippen LogP contribution in [0.2, 0.25) is 0 Å². The molecule has 0 unspecified atom stereocenters. The number of ketones is 1. The van der Waals surface area contributed by atoms with Gasteiger partial charge in [-0.2, -0.15) is 22.8 Å². The van der Waals surface area contributed by atoms with Crippen LogP contribution in [0, 0.1) is 11.6 Å². The normalized spacial score (nSPS) is 12.0. The molecule has 0 aliphatic rings. The molecule has 168 valence electrons. The van der Waals surface area contributed by atoms with Gasteiger partial charge in [-0.15, -0.1) is 0 Å². The molecule has 0 saturated heterocycles. The van der Waals surface area contributed by atoms with Gasteiger partial charge in [-0.05, 0) is 41.0 Å². The van der Waals surface area contributed by atoms with E-state index in [1.165, 1.54) is 18.5 Å². The summed E-state index contributed by atoms with van der Waals surface area (Å²) in [5.74, 6) is -4.05. The van der Waals surface area contributed by atoms with E-state index in [1.807, 2.05) is 0 Å². The Kier molecular flexibility index (Phi) is 6.10. The number of hydrogen-bond donors (Lipinski definition) is 3. The molecule has 0 aliphatic carbocycles. The highest BCUT2D eigenvalue weighted by molar-refractivity contribution is 7.80. The highest BCUT2D eigenvalue weighted by atomic mass is 32.1. The average Bonchev–Trinajstić information content (AvgIpc) is 3.44. The maximum absolute atomic E-state index is 14.7. The van der Waals surface area contributed by atoms with Crippen LogP contribution in [-0.4, -0.2) is 36.8 Å². The average molecular weight is 468 g/mol. The summed E-state index contributed by atoms with van der Waals surface area (Å²) in [5.41, 5.74) is 1.64. The van der Waals surface area contributed by atoms with Crippen LogP contribution in [0.25, 0.3) is 22.3 Å². The Morgan fingerprint density at radius 2 is 1.82 bits per heavy atom. The first-order valence-electron chi connectivity index (χ1n) is 9.80. The fourth-order valence-electron chi connectivity index (χ4n) is 3.59. The summed E-state index contributed by atoms with van der Waals surface area (Å²) in [6.07, 6.45) is 5.85. The van der Waals surface area contributed by atoms with E-state index in [0.29, 0.717) is 11.1 Å². The molecule has 33 heavy (non-hydrogen) atoms. The van der Waals surface area contributed by atoms with Crippen LogP contribution in [-0.2, 0) is 7.05 Å². The minimum atomic E-state index is -1.20. The summed E-state index contributed by atoms with van der Waals surface area (Å²) >= 11 is 4.41. The van der Waals surface area contributed by atoms with Gasteiger partial charge in [-0.3, -0.25) is 14.6 Å². The summed E-state index contributed by atoms with van der Waals surface area (Å²) in [6, 6.07) is 6.75. The lowest BCUT2D eigenvalue weighted by molar-refractivity contribution is 0.0694. The number of nitrogens with zero attached hydrogens (tertiary/aromatic N) is 3. The third-order valence-electron chi connectivity index (χ3n) is 5.21. The lowest BCUT2D eigenvalue weighted by Gasteiger charge is -2.15. The monoisotopic (exact) mass is 468 g/mol. The number of rotatable bonds is 7. The number of carbonyl (C=O) groups is 2. The topological polar surface area (TPSA) is 101 Å². The molecule has 4 aromatic rings. The van der Waals surface area contributed by atoms with Crippen molar-refractivity contribution in [3.63, 3.8) is 0 Å². The minimum Gasteiger partial charge on any atom is -0.478 e. The Balaban J connectivity index is 1.64. The Hall–Kier alpha value is -3.79. The van der Waals surface area contributed by atoms with Crippen LogP contribution in [0.5, 0.6) is 0 Å². The van der Waals surface area contributed by atoms with Crippen molar-refractivity contribution in [3.05, 3.63) is 83.4 Å². The fraction of sp³-hybridized carbons (Fsp3) is 0.130. The number of carboxylic acids is 1. The van der Waals surface area contributed by atoms with Crippen LogP contribution in [0.15, 0.2) is 55.1 Å². The van der Waals surface area contributed by atoms with Gasteiger partial charge in [0.25, 0.3) is 0 Å². The van der Waals surface area contributed by atoms with Crippen molar-refractivity contribution in [1.82, 2.24) is 20.0 Å². The van der Waals surface area contributed by atoms with E-state index >= 15 is 0 Å². The number of nitrogens with one attached hydrogen (secondary N) is 1. The van der Waals surface area contributed by atoms with E-state index in [0.717, 1.165) is 17.7 Å². The van der Waals surface area contributed by atoms with Crippen molar-refractivity contribution < 1.29 is 23.5 Å². The molecular formula is C23H18F2N4O3S. The molecule has 0 saturated carbocycles. The zero-order chi connectivity index (χ0) is 23.7. The van der Waals surface area contributed by atoms with Gasteiger partial charge in [-0.25, -0.2) is 13.6 Å². The Morgan fingerprint density at radius 1 is 1.09 bits per heavy atom. The largest absolute Gasteiger partial charge is 0.478 e. The second-order valence-corrected chi connectivity index (χ2v) is 8.08. The summed E-state index contributed by atoms with van der Waals surface area (Å²) < 4.78 is 31.0. The SMILES string of the molecule is Cn1cc(-c2ccc(C(=O)O)c([C@@H](S)CC(=O)c3c(F)cc(-c4cn[nH]c4)cc3F)c2)cn1. The Morgan fingerprint density at radius 3 is 2.39 bits per heavy atom. The number of aromatic carboxylic acids is 1. The summed E-state index contributed by atoms with van der Waals surface area (Å²) in [5, 5.41) is 19.1. The molecule has 2 N–H and O–H groups in total. The lowest BCUT2D eigenvalue weighted by Crippen LogP contribution is -2.12. The number of aromatic amines is 1. The standard InChI is InChI=1S/C23H18F2N4O3S/c1-29-11-15(10-28-29)12-2-3-16(23(31)32)17(4-12)21(33)7-20(30)22-18(24)5-13(6-19(22)25)14-8-26-27-9-14/h2-6,8-11,21,33H,7H2,1H3,(H,26,27)(H,31,32)/t21-/m0/s1. The molecule has 2 heterocycles. The van der Waals surface area contributed by atoms with E-state index < -0.39 is 40.6 Å². The Bertz CT molecular complexity index is 1330. The molecule has 0 bridgehead atoms. The van der Waals surface area contributed by atoms with Crippen LogP contribution in [0.4, 0.5) is 8.78 Å². The predicted octanol–water partition coefficient (Wildman–Crippen LogP) is 4.70. The van der Waals surface area contributed by atoms with Gasteiger partial charge in [0.1, 0.15) is 11.6 Å². The number of carboxylic acid groups (broad SMARTS) is 1. The van der Waals surface area contributed by atoms with Gasteiger partial charge in [0, 0.05) is 42.2 Å². The quantitative estimate of drug-likeness (QED) is 0.270. The number of thiol groups is 1. The van der Waals surface area contributed by atoms with Gasteiger partial charge < -0.3 is 5.11 Å². The van der Waals surface area contributed by atoms with Crippen molar-refractivity contribution in [2.45, 2.75) is 11.7 Å². The highest BCUT2D eigenvalue weighted by Crippen LogP contribution is 2.33. The van der Waals surface area contributed by atoms with Gasteiger partial charge in [0.2, 0.25) is 0 Å². The first kappa shape index (κ1) is 22.4. The van der Waals surface area contributed by atoms with E-state index in [1.54, 1.807) is 36.3 Å². The van der Waals surface area contributed by atoms with E-state index in [2.05, 4.69) is 27.9 Å². The molecule has 10 heteroatoms. The molecule has 0 spiro atoms. The number of H-pyrrole nitrogens is 1. The highest BCUT2D eigenvalue weighted by Gasteiger charge is 2.25. The number of benzene rings is 2. The zero-order valence-electron chi connectivity index (χ0n) is 17.3. The van der Waals surface area contributed by atoms with Crippen molar-refractivity contribution in [2.24, 2.45) is 7.05 Å². The van der Waals surface area contributed by atoms with Crippen LogP contribution >= 0.6 is 12.6 Å². The van der Waals surface area contributed by atoms with Gasteiger partial charge >= 0.3 is 5.97 Å². The maximum atomic E-state index is 14.7. The van der Waals surface area contributed by atoms with Gasteiger partial charge in [0.05, 0.1) is 23.5 Å². The van der Waals surface area contributed by atoms with Gasteiger partial charge in [0.15, 0.2) is 5.78 Å². The predicted molar refractivity (Wildman–Crippen MR) is 120 cm³/mol. The molecule has 0 aliphatic heterocycles. The number of aromatic nitrogens is 4. The number of halogens is 2. The first-order valence-corrected chi connectivity index (χ1v) is 10.3. The second kappa shape index (κ2) is 8.99. The molecule has 4 rings (SSSR count). The number of hydrogen-bond acceptors (Lipinski definition) is 5. The summed E-state index contributed by atoms with van der Waals surface area (Å²) in [6.45, 7) is 0. The lowest BCUT2D eigenvalue weighted by atomic mass is 9.94. The van der Waals surface area contributed by atoms with E-state index in [-0.39, 0.29) is 16.7 Å². The fourth-order valence-corrected chi connectivity index (χ4v) is 3.97. The molecule has 1 atom stereocenters. The minimum absolute atomic E-state index is 0.0494. The van der Waals surface area contributed by atoms with Crippen molar-refractivity contribution in [1.29, 1.82) is 0 Å². The van der Waals surface area contributed by atoms with Crippen molar-refractivity contribution in [3.8, 4) is 22.3 Å². The maximum Gasteiger partial charge on any atom is 0.336 e. The zero-order valence-corrected chi connectivity index (χ0v) is 18.2. The molecule has 7 nitrogen and oxygen atoms in total.